The molecular formula is C14H18N2O4. The van der Waals surface area contributed by atoms with Crippen molar-refractivity contribution in [2.45, 2.75) is 20.0 Å². The van der Waals surface area contributed by atoms with E-state index in [1.165, 1.54) is 6.92 Å². The van der Waals surface area contributed by atoms with Gasteiger partial charge in [-0.1, -0.05) is 12.6 Å². The number of ether oxygens (including phenoxy) is 2. The molecule has 0 aliphatic heterocycles. The topological polar surface area (TPSA) is 105 Å². The van der Waals surface area contributed by atoms with Crippen LogP contribution in [0.2, 0.25) is 0 Å². The molecule has 0 saturated carbocycles. The van der Waals surface area contributed by atoms with E-state index in [-0.39, 0.29) is 29.1 Å². The summed E-state index contributed by atoms with van der Waals surface area (Å²) in [6.45, 7) is 6.50. The largest absolute Gasteiger partial charge is 0.458 e. The lowest BCUT2D eigenvalue weighted by atomic mass is 10.1. The van der Waals surface area contributed by atoms with Crippen LogP contribution in [0.1, 0.15) is 24.2 Å². The fraction of sp³-hybridized carbons (Fsp3) is 0.286. The number of benzene rings is 1. The van der Waals surface area contributed by atoms with Gasteiger partial charge in [0.2, 0.25) is 0 Å². The highest BCUT2D eigenvalue weighted by Crippen LogP contribution is 2.20. The molecule has 6 nitrogen and oxygen atoms in total. The Balaban J connectivity index is 2.60. The first-order chi connectivity index (χ1) is 9.32. The van der Waals surface area contributed by atoms with Crippen molar-refractivity contribution in [2.24, 2.45) is 0 Å². The fourth-order valence-corrected chi connectivity index (χ4v) is 1.41. The smallest absolute Gasteiger partial charge is 0.342 e. The van der Waals surface area contributed by atoms with Gasteiger partial charge >= 0.3 is 11.9 Å². The molecule has 0 aromatic heterocycles. The van der Waals surface area contributed by atoms with Gasteiger partial charge in [0.05, 0.1) is 0 Å². The molecular weight excluding hydrogens is 260 g/mol. The van der Waals surface area contributed by atoms with E-state index in [9.17, 15) is 9.59 Å². The lowest BCUT2D eigenvalue weighted by molar-refractivity contribution is -0.145. The number of anilines is 2. The van der Waals surface area contributed by atoms with Crippen LogP contribution in [0.5, 0.6) is 0 Å². The molecule has 0 aliphatic carbocycles. The van der Waals surface area contributed by atoms with Crippen molar-refractivity contribution in [3.63, 3.8) is 0 Å². The SMILES string of the molecule is C=C(C)C(=O)OC(C)COC(=O)c1c(N)cccc1N. The highest BCUT2D eigenvalue weighted by Gasteiger charge is 2.17. The van der Waals surface area contributed by atoms with Gasteiger partial charge in [0.15, 0.2) is 0 Å². The Morgan fingerprint density at radius 1 is 1.30 bits per heavy atom. The highest BCUT2D eigenvalue weighted by molar-refractivity contribution is 6.00. The lowest BCUT2D eigenvalue weighted by Gasteiger charge is -2.14. The summed E-state index contributed by atoms with van der Waals surface area (Å²) in [5, 5.41) is 0. The zero-order chi connectivity index (χ0) is 15.3. The van der Waals surface area contributed by atoms with E-state index < -0.39 is 18.0 Å². The standard InChI is InChI=1S/C14H18N2O4/c1-8(2)13(17)20-9(3)7-19-14(18)12-10(15)5-4-6-11(12)16/h4-6,9H,1,7,15-16H2,2-3H3. The van der Waals surface area contributed by atoms with Gasteiger partial charge in [0, 0.05) is 16.9 Å². The van der Waals surface area contributed by atoms with E-state index in [4.69, 9.17) is 20.9 Å². The Morgan fingerprint density at radius 2 is 1.85 bits per heavy atom. The zero-order valence-electron chi connectivity index (χ0n) is 11.5. The predicted octanol–water partition coefficient (Wildman–Crippen LogP) is 1.52. The van der Waals surface area contributed by atoms with Crippen LogP contribution < -0.4 is 11.5 Å². The second-order valence-corrected chi connectivity index (χ2v) is 4.41. The summed E-state index contributed by atoms with van der Waals surface area (Å²) in [7, 11) is 0. The number of esters is 2. The van der Waals surface area contributed by atoms with Crippen LogP contribution in [0.15, 0.2) is 30.4 Å². The monoisotopic (exact) mass is 278 g/mol. The Hall–Kier alpha value is -2.50. The maximum absolute atomic E-state index is 11.9. The molecule has 1 aromatic rings. The number of carbonyl (C=O) groups is 2. The van der Waals surface area contributed by atoms with Crippen molar-refractivity contribution in [3.05, 3.63) is 35.9 Å². The Bertz CT molecular complexity index is 520. The van der Waals surface area contributed by atoms with Gasteiger partial charge in [-0.25, -0.2) is 9.59 Å². The summed E-state index contributed by atoms with van der Waals surface area (Å²) in [6.07, 6.45) is -0.589. The second-order valence-electron chi connectivity index (χ2n) is 4.41. The third kappa shape index (κ3) is 4.01. The summed E-state index contributed by atoms with van der Waals surface area (Å²) in [6, 6.07) is 4.74. The van der Waals surface area contributed by atoms with E-state index in [0.717, 1.165) is 0 Å². The Labute approximate surface area is 117 Å². The summed E-state index contributed by atoms with van der Waals surface area (Å²) in [5.74, 6) is -1.19. The number of hydrogen-bond acceptors (Lipinski definition) is 6. The van der Waals surface area contributed by atoms with E-state index in [0.29, 0.717) is 0 Å². The van der Waals surface area contributed by atoms with E-state index >= 15 is 0 Å². The summed E-state index contributed by atoms with van der Waals surface area (Å²) in [4.78, 5) is 23.1. The zero-order valence-corrected chi connectivity index (χ0v) is 11.5. The number of carbonyl (C=O) groups excluding carboxylic acids is 2. The van der Waals surface area contributed by atoms with Crippen molar-refractivity contribution in [2.75, 3.05) is 18.1 Å². The first-order valence-corrected chi connectivity index (χ1v) is 6.00. The maximum Gasteiger partial charge on any atom is 0.342 e. The molecule has 108 valence electrons. The van der Waals surface area contributed by atoms with Gasteiger partial charge in [-0.2, -0.15) is 0 Å². The van der Waals surface area contributed by atoms with Gasteiger partial charge in [-0.3, -0.25) is 0 Å². The molecule has 1 unspecified atom stereocenters. The molecule has 1 atom stereocenters. The van der Waals surface area contributed by atoms with Crippen LogP contribution in [0.3, 0.4) is 0 Å². The first kappa shape index (κ1) is 15.6. The maximum atomic E-state index is 11.9. The number of nitrogen functional groups attached to an aromatic ring is 2. The first-order valence-electron chi connectivity index (χ1n) is 6.00. The van der Waals surface area contributed by atoms with E-state index in [1.807, 2.05) is 0 Å². The van der Waals surface area contributed by atoms with Crippen LogP contribution in [0, 0.1) is 0 Å². The molecule has 4 N–H and O–H groups in total. The summed E-state index contributed by atoms with van der Waals surface area (Å²) < 4.78 is 10.0. The molecule has 0 heterocycles. The Morgan fingerprint density at radius 3 is 2.35 bits per heavy atom. The molecule has 0 saturated heterocycles. The van der Waals surface area contributed by atoms with Crippen molar-refractivity contribution in [1.82, 2.24) is 0 Å². The normalized spacial score (nSPS) is 11.5. The molecule has 1 rings (SSSR count). The molecule has 6 heteroatoms. The van der Waals surface area contributed by atoms with Crippen LogP contribution >= 0.6 is 0 Å². The molecule has 0 bridgehead atoms. The van der Waals surface area contributed by atoms with Crippen molar-refractivity contribution < 1.29 is 19.1 Å². The number of rotatable bonds is 5. The molecule has 0 aliphatic rings. The third-order valence-corrected chi connectivity index (χ3v) is 2.44. The van der Waals surface area contributed by atoms with E-state index in [2.05, 4.69) is 6.58 Å². The second kappa shape index (κ2) is 6.60. The number of nitrogens with two attached hydrogens (primary N) is 2. The Kier molecular flexibility index (Phi) is 5.14. The van der Waals surface area contributed by atoms with E-state index in [1.54, 1.807) is 25.1 Å². The average molecular weight is 278 g/mol. The van der Waals surface area contributed by atoms with Gasteiger partial charge in [0.25, 0.3) is 0 Å². The molecule has 0 spiro atoms. The highest BCUT2D eigenvalue weighted by atomic mass is 16.6. The summed E-state index contributed by atoms with van der Waals surface area (Å²) >= 11 is 0. The van der Waals surface area contributed by atoms with Gasteiger partial charge in [0.1, 0.15) is 18.3 Å². The number of hydrogen-bond donors (Lipinski definition) is 2. The van der Waals surface area contributed by atoms with Crippen molar-refractivity contribution >= 4 is 23.3 Å². The predicted molar refractivity (Wildman–Crippen MR) is 75.9 cm³/mol. The molecule has 0 radical (unpaired) electrons. The fourth-order valence-electron chi connectivity index (χ4n) is 1.41. The lowest BCUT2D eigenvalue weighted by Crippen LogP contribution is -2.23. The van der Waals surface area contributed by atoms with Crippen LogP contribution in [0.25, 0.3) is 0 Å². The summed E-state index contributed by atoms with van der Waals surface area (Å²) in [5.41, 5.74) is 12.2. The minimum atomic E-state index is -0.654. The van der Waals surface area contributed by atoms with Gasteiger partial charge in [-0.15, -0.1) is 0 Å². The van der Waals surface area contributed by atoms with Crippen LogP contribution in [0.4, 0.5) is 11.4 Å². The molecule has 1 aromatic carbocycles. The van der Waals surface area contributed by atoms with Crippen molar-refractivity contribution in [3.8, 4) is 0 Å². The minimum absolute atomic E-state index is 0.0916. The van der Waals surface area contributed by atoms with Crippen LogP contribution in [-0.4, -0.2) is 24.6 Å². The molecule has 0 fully saturated rings. The molecule has 20 heavy (non-hydrogen) atoms. The van der Waals surface area contributed by atoms with Crippen LogP contribution in [-0.2, 0) is 14.3 Å². The quantitative estimate of drug-likeness (QED) is 0.480. The third-order valence-electron chi connectivity index (χ3n) is 2.44. The van der Waals surface area contributed by atoms with Crippen molar-refractivity contribution in [1.29, 1.82) is 0 Å². The molecule has 0 amide bonds. The van der Waals surface area contributed by atoms with Gasteiger partial charge < -0.3 is 20.9 Å². The minimum Gasteiger partial charge on any atom is -0.458 e. The average Bonchev–Trinajstić information content (AvgIpc) is 2.36. The van der Waals surface area contributed by atoms with Gasteiger partial charge in [-0.05, 0) is 26.0 Å².